The molecule has 0 fully saturated rings. The van der Waals surface area contributed by atoms with Crippen LogP contribution in [-0.4, -0.2) is 24.5 Å². The van der Waals surface area contributed by atoms with Crippen LogP contribution in [-0.2, 0) is 6.54 Å². The highest BCUT2D eigenvalue weighted by Crippen LogP contribution is 2.11. The van der Waals surface area contributed by atoms with E-state index in [9.17, 15) is 0 Å². The molecule has 0 atom stereocenters. The third kappa shape index (κ3) is 2.02. The van der Waals surface area contributed by atoms with Crippen molar-refractivity contribution >= 4 is 0 Å². The highest BCUT2D eigenvalue weighted by Gasteiger charge is 2.06. The van der Waals surface area contributed by atoms with Crippen LogP contribution in [0.1, 0.15) is 11.4 Å². The topological polar surface area (TPSA) is 48.5 Å². The predicted octanol–water partition coefficient (Wildman–Crippen LogP) is 1.82. The molecule has 0 aliphatic heterocycles. The van der Waals surface area contributed by atoms with Crippen LogP contribution in [0.3, 0.4) is 0 Å². The molecule has 1 aromatic carbocycles. The maximum absolute atomic E-state index is 4.18. The molecule has 5 heteroatoms. The zero-order chi connectivity index (χ0) is 12.4. The van der Waals surface area contributed by atoms with Crippen molar-refractivity contribution in [2.24, 2.45) is 0 Å². The summed E-state index contributed by atoms with van der Waals surface area (Å²) in [6, 6.07) is 10.2. The summed E-state index contributed by atoms with van der Waals surface area (Å²) in [6.07, 6.45) is 5.39. The fourth-order valence-electron chi connectivity index (χ4n) is 1.83. The molecule has 0 aliphatic rings. The van der Waals surface area contributed by atoms with Crippen molar-refractivity contribution in [1.29, 1.82) is 0 Å². The molecule has 0 spiro atoms. The average Bonchev–Trinajstić information content (AvgIpc) is 3.02. The van der Waals surface area contributed by atoms with E-state index >= 15 is 0 Å². The van der Waals surface area contributed by atoms with Crippen LogP contribution >= 0.6 is 0 Å². The van der Waals surface area contributed by atoms with E-state index in [2.05, 4.69) is 46.5 Å². The first-order chi connectivity index (χ1) is 8.83. The Morgan fingerprint density at radius 2 is 2.00 bits per heavy atom. The summed E-state index contributed by atoms with van der Waals surface area (Å²) in [5, 5.41) is 12.3. The second-order valence-electron chi connectivity index (χ2n) is 4.16. The summed E-state index contributed by atoms with van der Waals surface area (Å²) in [5.74, 6) is 0.863. The average molecular weight is 239 g/mol. The molecule has 18 heavy (non-hydrogen) atoms. The lowest BCUT2D eigenvalue weighted by atomic mass is 10.2. The molecule has 0 radical (unpaired) electrons. The Hall–Kier alpha value is -2.43. The second kappa shape index (κ2) is 4.44. The Morgan fingerprint density at radius 3 is 2.72 bits per heavy atom. The molecule has 5 nitrogen and oxygen atoms in total. The van der Waals surface area contributed by atoms with Gasteiger partial charge in [0.2, 0.25) is 0 Å². The molecule has 0 aliphatic carbocycles. The van der Waals surface area contributed by atoms with E-state index in [0.717, 1.165) is 11.5 Å². The van der Waals surface area contributed by atoms with Crippen molar-refractivity contribution < 1.29 is 0 Å². The molecule has 90 valence electrons. The van der Waals surface area contributed by atoms with Crippen LogP contribution in [0, 0.1) is 6.92 Å². The Morgan fingerprint density at radius 1 is 1.17 bits per heavy atom. The van der Waals surface area contributed by atoms with E-state index in [4.69, 9.17) is 0 Å². The molecule has 0 amide bonds. The largest absolute Gasteiger partial charge is 0.284 e. The van der Waals surface area contributed by atoms with Crippen LogP contribution in [0.4, 0.5) is 0 Å². The van der Waals surface area contributed by atoms with E-state index in [1.165, 1.54) is 5.56 Å². The van der Waals surface area contributed by atoms with Crippen LogP contribution in [0.2, 0.25) is 0 Å². The summed E-state index contributed by atoms with van der Waals surface area (Å²) in [4.78, 5) is 0. The summed E-state index contributed by atoms with van der Waals surface area (Å²) in [7, 11) is 0. The second-order valence-corrected chi connectivity index (χ2v) is 4.16. The van der Waals surface area contributed by atoms with Gasteiger partial charge in [0, 0.05) is 18.1 Å². The van der Waals surface area contributed by atoms with E-state index in [0.29, 0.717) is 6.54 Å². The lowest BCUT2D eigenvalue weighted by Crippen LogP contribution is -2.07. The minimum atomic E-state index is 0.612. The number of rotatable bonds is 3. The van der Waals surface area contributed by atoms with Crippen LogP contribution < -0.4 is 0 Å². The van der Waals surface area contributed by atoms with Gasteiger partial charge in [-0.25, -0.2) is 0 Å². The van der Waals surface area contributed by atoms with Crippen molar-refractivity contribution in [3.63, 3.8) is 0 Å². The molecule has 0 saturated heterocycles. The fourth-order valence-corrected chi connectivity index (χ4v) is 1.83. The lowest BCUT2D eigenvalue weighted by molar-refractivity contribution is 0.644. The van der Waals surface area contributed by atoms with Gasteiger partial charge in [0.1, 0.15) is 12.9 Å². The maximum atomic E-state index is 4.18. The van der Waals surface area contributed by atoms with Crippen LogP contribution in [0.5, 0.6) is 0 Å². The van der Waals surface area contributed by atoms with Gasteiger partial charge in [-0.3, -0.25) is 9.25 Å². The maximum Gasteiger partial charge on any atom is 0.159 e. The smallest absolute Gasteiger partial charge is 0.159 e. The van der Waals surface area contributed by atoms with Gasteiger partial charge in [-0.15, -0.1) is 10.2 Å². The molecule has 0 bridgehead atoms. The first kappa shape index (κ1) is 10.7. The van der Waals surface area contributed by atoms with Gasteiger partial charge in [0.05, 0.1) is 0 Å². The molecule has 2 aromatic heterocycles. The standard InChI is InChI=1S/C13H13N5/c1-11-3-5-12(6-4-11)18-10-14-16-13(18)9-17-8-2-7-15-17/h2-8,10H,9H2,1H3. The van der Waals surface area contributed by atoms with Gasteiger partial charge in [0.15, 0.2) is 5.82 Å². The first-order valence-electron chi connectivity index (χ1n) is 5.76. The molecule has 0 saturated carbocycles. The molecule has 0 N–H and O–H groups in total. The lowest BCUT2D eigenvalue weighted by Gasteiger charge is -2.06. The summed E-state index contributed by atoms with van der Waals surface area (Å²) >= 11 is 0. The Balaban J connectivity index is 1.94. The van der Waals surface area contributed by atoms with Gasteiger partial charge in [0.25, 0.3) is 0 Å². The number of hydrogen-bond acceptors (Lipinski definition) is 3. The molecule has 2 heterocycles. The van der Waals surface area contributed by atoms with Gasteiger partial charge in [-0.2, -0.15) is 5.10 Å². The van der Waals surface area contributed by atoms with Crippen molar-refractivity contribution in [2.75, 3.05) is 0 Å². The highest BCUT2D eigenvalue weighted by atomic mass is 15.3. The van der Waals surface area contributed by atoms with Crippen LogP contribution in [0.15, 0.2) is 49.1 Å². The summed E-state index contributed by atoms with van der Waals surface area (Å²) in [6.45, 7) is 2.68. The van der Waals surface area contributed by atoms with E-state index in [1.54, 1.807) is 12.5 Å². The van der Waals surface area contributed by atoms with Gasteiger partial charge >= 0.3 is 0 Å². The van der Waals surface area contributed by atoms with Crippen molar-refractivity contribution in [3.8, 4) is 5.69 Å². The zero-order valence-electron chi connectivity index (χ0n) is 10.1. The first-order valence-corrected chi connectivity index (χ1v) is 5.76. The minimum Gasteiger partial charge on any atom is -0.284 e. The molecule has 3 rings (SSSR count). The Bertz CT molecular complexity index is 622. The number of benzene rings is 1. The summed E-state index contributed by atoms with van der Waals surface area (Å²) < 4.78 is 3.80. The van der Waals surface area contributed by atoms with Gasteiger partial charge in [-0.05, 0) is 25.1 Å². The van der Waals surface area contributed by atoms with Crippen molar-refractivity contribution in [2.45, 2.75) is 13.5 Å². The number of nitrogens with zero attached hydrogens (tertiary/aromatic N) is 5. The van der Waals surface area contributed by atoms with E-state index in [-0.39, 0.29) is 0 Å². The molecular formula is C13H13N5. The number of hydrogen-bond donors (Lipinski definition) is 0. The zero-order valence-corrected chi connectivity index (χ0v) is 10.1. The molecule has 0 unspecified atom stereocenters. The predicted molar refractivity (Wildman–Crippen MR) is 67.4 cm³/mol. The summed E-state index contributed by atoms with van der Waals surface area (Å²) in [5.41, 5.74) is 2.30. The quantitative estimate of drug-likeness (QED) is 0.700. The monoisotopic (exact) mass is 239 g/mol. The van der Waals surface area contributed by atoms with Crippen molar-refractivity contribution in [3.05, 3.63) is 60.4 Å². The van der Waals surface area contributed by atoms with Gasteiger partial charge in [-0.1, -0.05) is 17.7 Å². The number of aryl methyl sites for hydroxylation is 1. The Kier molecular flexibility index (Phi) is 2.64. The van der Waals surface area contributed by atoms with Crippen LogP contribution in [0.25, 0.3) is 5.69 Å². The third-order valence-electron chi connectivity index (χ3n) is 2.79. The van der Waals surface area contributed by atoms with Gasteiger partial charge < -0.3 is 0 Å². The normalized spacial score (nSPS) is 10.7. The Labute approximate surface area is 105 Å². The SMILES string of the molecule is Cc1ccc(-n2cnnc2Cn2cccn2)cc1. The third-order valence-corrected chi connectivity index (χ3v) is 2.79. The van der Waals surface area contributed by atoms with Crippen molar-refractivity contribution in [1.82, 2.24) is 24.5 Å². The van der Waals surface area contributed by atoms with E-state index < -0.39 is 0 Å². The minimum absolute atomic E-state index is 0.612. The highest BCUT2D eigenvalue weighted by molar-refractivity contribution is 5.34. The molecule has 3 aromatic rings. The van der Waals surface area contributed by atoms with E-state index in [1.807, 2.05) is 21.5 Å². The fraction of sp³-hybridized carbons (Fsp3) is 0.154. The number of aromatic nitrogens is 5. The molecular weight excluding hydrogens is 226 g/mol.